The van der Waals surface area contributed by atoms with Crippen LogP contribution in [-0.4, -0.2) is 46.4 Å². The Bertz CT molecular complexity index is 978. The SMILES string of the molecule is CCN(CC)CCOc1ccccc1NC(=O)c1cnc2sccn2c1=O. The number of carbonyl (C=O) groups is 1. The van der Waals surface area contributed by atoms with E-state index in [0.717, 1.165) is 19.6 Å². The molecular weight excluding hydrogens is 364 g/mol. The summed E-state index contributed by atoms with van der Waals surface area (Å²) in [7, 11) is 0. The highest BCUT2D eigenvalue weighted by atomic mass is 32.1. The van der Waals surface area contributed by atoms with Crippen molar-refractivity contribution >= 4 is 27.9 Å². The van der Waals surface area contributed by atoms with E-state index in [1.54, 1.807) is 29.8 Å². The summed E-state index contributed by atoms with van der Waals surface area (Å²) in [5, 5.41) is 4.52. The molecule has 1 amide bonds. The van der Waals surface area contributed by atoms with Crippen LogP contribution in [-0.2, 0) is 0 Å². The Balaban J connectivity index is 1.74. The van der Waals surface area contributed by atoms with Gasteiger partial charge in [0.1, 0.15) is 17.9 Å². The maximum absolute atomic E-state index is 12.6. The lowest BCUT2D eigenvalue weighted by Gasteiger charge is -2.19. The van der Waals surface area contributed by atoms with Crippen LogP contribution in [0.25, 0.3) is 4.96 Å². The average Bonchev–Trinajstić information content (AvgIpc) is 3.16. The molecule has 3 aromatic rings. The van der Waals surface area contributed by atoms with Crippen molar-refractivity contribution in [3.8, 4) is 5.75 Å². The second-order valence-corrected chi connectivity index (χ2v) is 6.73. The average molecular weight is 386 g/mol. The van der Waals surface area contributed by atoms with Gasteiger partial charge in [0.25, 0.3) is 11.5 Å². The number of rotatable bonds is 8. The summed E-state index contributed by atoms with van der Waals surface area (Å²) in [6.45, 7) is 7.44. The van der Waals surface area contributed by atoms with Crippen LogP contribution in [0.1, 0.15) is 24.2 Å². The molecule has 0 bridgehead atoms. The van der Waals surface area contributed by atoms with Gasteiger partial charge in [0.2, 0.25) is 0 Å². The van der Waals surface area contributed by atoms with Crippen molar-refractivity contribution in [2.75, 3.05) is 31.6 Å². The molecule has 0 aliphatic heterocycles. The number of thiazole rings is 1. The number of ether oxygens (including phenoxy) is 1. The third-order valence-electron chi connectivity index (χ3n) is 4.28. The van der Waals surface area contributed by atoms with Gasteiger partial charge in [0.05, 0.1) is 5.69 Å². The van der Waals surface area contributed by atoms with Gasteiger partial charge in [0.15, 0.2) is 4.96 Å². The predicted octanol–water partition coefficient (Wildman–Crippen LogP) is 2.73. The third kappa shape index (κ3) is 4.35. The van der Waals surface area contributed by atoms with Crippen LogP contribution in [0.5, 0.6) is 5.75 Å². The minimum atomic E-state index is -0.507. The zero-order valence-corrected chi connectivity index (χ0v) is 16.2. The van der Waals surface area contributed by atoms with E-state index >= 15 is 0 Å². The van der Waals surface area contributed by atoms with Gasteiger partial charge in [-0.3, -0.25) is 14.0 Å². The first-order valence-electron chi connectivity index (χ1n) is 8.84. The first-order chi connectivity index (χ1) is 13.1. The van der Waals surface area contributed by atoms with Crippen LogP contribution in [0.3, 0.4) is 0 Å². The zero-order chi connectivity index (χ0) is 19.2. The molecule has 0 spiro atoms. The second kappa shape index (κ2) is 8.79. The van der Waals surface area contributed by atoms with Crippen molar-refractivity contribution in [1.29, 1.82) is 0 Å². The Kier molecular flexibility index (Phi) is 6.20. The molecule has 1 N–H and O–H groups in total. The summed E-state index contributed by atoms with van der Waals surface area (Å²) in [5.41, 5.74) is 0.124. The molecule has 0 aliphatic carbocycles. The highest BCUT2D eigenvalue weighted by Gasteiger charge is 2.16. The van der Waals surface area contributed by atoms with Gasteiger partial charge in [-0.25, -0.2) is 4.98 Å². The third-order valence-corrected chi connectivity index (χ3v) is 5.05. The first kappa shape index (κ1) is 19.1. The lowest BCUT2D eigenvalue weighted by Crippen LogP contribution is -2.28. The van der Waals surface area contributed by atoms with E-state index in [4.69, 9.17) is 4.74 Å². The van der Waals surface area contributed by atoms with Crippen molar-refractivity contribution in [1.82, 2.24) is 14.3 Å². The molecule has 7 nitrogen and oxygen atoms in total. The predicted molar refractivity (Wildman–Crippen MR) is 107 cm³/mol. The maximum atomic E-state index is 12.6. The van der Waals surface area contributed by atoms with Gasteiger partial charge in [-0.05, 0) is 25.2 Å². The van der Waals surface area contributed by atoms with E-state index in [1.165, 1.54) is 21.9 Å². The molecule has 0 saturated heterocycles. The lowest BCUT2D eigenvalue weighted by atomic mass is 10.2. The standard InChI is InChI=1S/C19H22N4O3S/c1-3-22(4-2)9-11-26-16-8-6-5-7-15(16)21-17(24)14-13-20-19-23(18(14)25)10-12-27-19/h5-8,10,12-13H,3-4,9,11H2,1-2H3,(H,21,24). The van der Waals surface area contributed by atoms with E-state index in [0.29, 0.717) is 23.0 Å². The Morgan fingerprint density at radius 2 is 2.07 bits per heavy atom. The number of carbonyl (C=O) groups excluding carboxylic acids is 1. The molecule has 3 rings (SSSR count). The molecule has 2 heterocycles. The summed E-state index contributed by atoms with van der Waals surface area (Å²) < 4.78 is 7.21. The van der Waals surface area contributed by atoms with Crippen LogP contribution in [0.4, 0.5) is 5.69 Å². The van der Waals surface area contributed by atoms with Gasteiger partial charge >= 0.3 is 0 Å². The Hall–Kier alpha value is -2.71. The van der Waals surface area contributed by atoms with E-state index in [1.807, 2.05) is 6.07 Å². The normalized spacial score (nSPS) is 11.1. The lowest BCUT2D eigenvalue weighted by molar-refractivity contribution is 0.102. The Morgan fingerprint density at radius 3 is 2.85 bits per heavy atom. The summed E-state index contributed by atoms with van der Waals surface area (Å²) in [6.07, 6.45) is 2.92. The number of para-hydroxylation sites is 2. The van der Waals surface area contributed by atoms with Crippen LogP contribution < -0.4 is 15.6 Å². The number of nitrogens with one attached hydrogen (secondary N) is 1. The summed E-state index contributed by atoms with van der Waals surface area (Å²) >= 11 is 1.34. The second-order valence-electron chi connectivity index (χ2n) is 5.86. The smallest absolute Gasteiger partial charge is 0.271 e. The monoisotopic (exact) mass is 386 g/mol. The highest BCUT2D eigenvalue weighted by Crippen LogP contribution is 2.24. The molecule has 2 aromatic heterocycles. The number of aromatic nitrogens is 2. The quantitative estimate of drug-likeness (QED) is 0.644. The number of fused-ring (bicyclic) bond motifs is 1. The van der Waals surface area contributed by atoms with Crippen molar-refractivity contribution in [3.63, 3.8) is 0 Å². The summed E-state index contributed by atoms with van der Waals surface area (Å²) in [4.78, 5) is 32.0. The Morgan fingerprint density at radius 1 is 1.30 bits per heavy atom. The first-order valence-corrected chi connectivity index (χ1v) is 9.72. The number of likely N-dealkylation sites (N-methyl/N-ethyl adjacent to an activating group) is 1. The van der Waals surface area contributed by atoms with Gasteiger partial charge < -0.3 is 15.0 Å². The number of hydrogen-bond donors (Lipinski definition) is 1. The molecule has 27 heavy (non-hydrogen) atoms. The molecule has 0 atom stereocenters. The molecule has 0 fully saturated rings. The minimum absolute atomic E-state index is 0.0103. The van der Waals surface area contributed by atoms with E-state index in [9.17, 15) is 9.59 Å². The minimum Gasteiger partial charge on any atom is -0.490 e. The molecule has 0 unspecified atom stereocenters. The van der Waals surface area contributed by atoms with Gasteiger partial charge in [-0.2, -0.15) is 0 Å². The molecule has 1 aromatic carbocycles. The number of hydrogen-bond acceptors (Lipinski definition) is 6. The molecule has 0 saturated carbocycles. The topological polar surface area (TPSA) is 75.9 Å². The van der Waals surface area contributed by atoms with Crippen LogP contribution >= 0.6 is 11.3 Å². The molecule has 0 aliphatic rings. The summed E-state index contributed by atoms with van der Waals surface area (Å²) in [5.74, 6) is 0.0653. The molecule has 142 valence electrons. The van der Waals surface area contributed by atoms with Crippen LogP contribution in [0.15, 0.2) is 46.8 Å². The Labute approximate surface area is 161 Å². The van der Waals surface area contributed by atoms with Crippen molar-refractivity contribution < 1.29 is 9.53 Å². The summed E-state index contributed by atoms with van der Waals surface area (Å²) in [6, 6.07) is 7.19. The number of benzene rings is 1. The molecular formula is C19H22N4O3S. The molecule has 0 radical (unpaired) electrons. The van der Waals surface area contributed by atoms with Gasteiger partial charge in [-0.1, -0.05) is 26.0 Å². The number of nitrogens with zero attached hydrogens (tertiary/aromatic N) is 3. The van der Waals surface area contributed by atoms with E-state index < -0.39 is 11.5 Å². The van der Waals surface area contributed by atoms with Crippen molar-refractivity contribution in [3.05, 3.63) is 58.0 Å². The van der Waals surface area contributed by atoms with Crippen molar-refractivity contribution in [2.45, 2.75) is 13.8 Å². The highest BCUT2D eigenvalue weighted by molar-refractivity contribution is 7.15. The maximum Gasteiger partial charge on any atom is 0.271 e. The zero-order valence-electron chi connectivity index (χ0n) is 15.3. The van der Waals surface area contributed by atoms with Crippen LogP contribution in [0.2, 0.25) is 0 Å². The van der Waals surface area contributed by atoms with E-state index in [-0.39, 0.29) is 5.56 Å². The largest absolute Gasteiger partial charge is 0.490 e. The fourth-order valence-electron chi connectivity index (χ4n) is 2.69. The van der Waals surface area contributed by atoms with Gasteiger partial charge in [-0.15, -0.1) is 11.3 Å². The fourth-order valence-corrected chi connectivity index (χ4v) is 3.37. The van der Waals surface area contributed by atoms with Crippen molar-refractivity contribution in [2.24, 2.45) is 0 Å². The molecule has 8 heteroatoms. The number of anilines is 1. The van der Waals surface area contributed by atoms with E-state index in [2.05, 4.69) is 29.0 Å². The number of amides is 1. The fraction of sp³-hybridized carbons (Fsp3) is 0.316. The van der Waals surface area contributed by atoms with Gasteiger partial charge in [0, 0.05) is 24.3 Å². The van der Waals surface area contributed by atoms with Crippen LogP contribution in [0, 0.1) is 0 Å².